The summed E-state index contributed by atoms with van der Waals surface area (Å²) in [5.41, 5.74) is -1.65. The Hall–Kier alpha value is -0.640. The van der Waals surface area contributed by atoms with Gasteiger partial charge in [0.2, 0.25) is 5.67 Å². The lowest BCUT2D eigenvalue weighted by molar-refractivity contribution is -0.149. The minimum atomic E-state index is -1.65. The number of carbonyl (C=O) groups is 1. The number of methoxy groups -OCH3 is 1. The van der Waals surface area contributed by atoms with Gasteiger partial charge in [-0.2, -0.15) is 0 Å². The molecule has 0 amide bonds. The first-order valence-corrected chi connectivity index (χ1v) is 3.69. The van der Waals surface area contributed by atoms with Crippen molar-refractivity contribution in [1.29, 1.82) is 0 Å². The standard InChI is InChI=1S/C7H10FNO2/c1-11-6(10)7(8)4-2-9-3-5(4)7/h4-5,9H,2-3H2,1H3/t4-,5+,7?. The van der Waals surface area contributed by atoms with E-state index in [4.69, 9.17) is 0 Å². The van der Waals surface area contributed by atoms with Gasteiger partial charge in [-0.3, -0.25) is 0 Å². The minimum Gasteiger partial charge on any atom is -0.467 e. The normalized spacial score (nSPS) is 46.7. The highest BCUT2D eigenvalue weighted by atomic mass is 19.1. The third kappa shape index (κ3) is 0.677. The number of piperidine rings is 1. The van der Waals surface area contributed by atoms with Gasteiger partial charge in [-0.05, 0) is 0 Å². The Morgan fingerprint density at radius 1 is 1.64 bits per heavy atom. The Bertz CT molecular complexity index is 197. The predicted molar refractivity (Wildman–Crippen MR) is 35.7 cm³/mol. The van der Waals surface area contributed by atoms with Crippen molar-refractivity contribution in [3.05, 3.63) is 0 Å². The van der Waals surface area contributed by atoms with Crippen molar-refractivity contribution in [1.82, 2.24) is 5.32 Å². The fourth-order valence-electron chi connectivity index (χ4n) is 1.93. The van der Waals surface area contributed by atoms with Crippen LogP contribution < -0.4 is 5.32 Å². The summed E-state index contributed by atoms with van der Waals surface area (Å²) in [4.78, 5) is 10.9. The zero-order chi connectivity index (χ0) is 8.06. The molecule has 0 spiro atoms. The monoisotopic (exact) mass is 159 g/mol. The van der Waals surface area contributed by atoms with Gasteiger partial charge < -0.3 is 10.1 Å². The highest BCUT2D eigenvalue weighted by Crippen LogP contribution is 2.56. The topological polar surface area (TPSA) is 38.3 Å². The quantitative estimate of drug-likeness (QED) is 0.535. The number of halogens is 1. The molecule has 1 saturated heterocycles. The summed E-state index contributed by atoms with van der Waals surface area (Å²) < 4.78 is 17.9. The maximum Gasteiger partial charge on any atom is 0.344 e. The van der Waals surface area contributed by atoms with Crippen LogP contribution in [-0.4, -0.2) is 31.8 Å². The molecule has 3 nitrogen and oxygen atoms in total. The summed E-state index contributed by atoms with van der Waals surface area (Å²) in [7, 11) is 1.23. The molecule has 3 atom stereocenters. The van der Waals surface area contributed by atoms with Gasteiger partial charge in [0.05, 0.1) is 7.11 Å². The highest BCUT2D eigenvalue weighted by Gasteiger charge is 2.73. The fourth-order valence-corrected chi connectivity index (χ4v) is 1.93. The predicted octanol–water partition coefficient (Wildman–Crippen LogP) is -0.283. The van der Waals surface area contributed by atoms with Crippen molar-refractivity contribution < 1.29 is 13.9 Å². The van der Waals surface area contributed by atoms with Gasteiger partial charge in [0.25, 0.3) is 0 Å². The van der Waals surface area contributed by atoms with E-state index in [1.165, 1.54) is 7.11 Å². The van der Waals surface area contributed by atoms with E-state index in [-0.39, 0.29) is 11.8 Å². The number of nitrogens with one attached hydrogen (secondary N) is 1. The van der Waals surface area contributed by atoms with E-state index in [0.717, 1.165) is 0 Å². The lowest BCUT2D eigenvalue weighted by Crippen LogP contribution is -2.31. The van der Waals surface area contributed by atoms with Crippen LogP contribution in [0.4, 0.5) is 4.39 Å². The Morgan fingerprint density at radius 2 is 2.18 bits per heavy atom. The van der Waals surface area contributed by atoms with Gasteiger partial charge in [0.1, 0.15) is 0 Å². The number of hydrogen-bond acceptors (Lipinski definition) is 3. The van der Waals surface area contributed by atoms with Crippen molar-refractivity contribution in [2.75, 3.05) is 20.2 Å². The second-order valence-corrected chi connectivity index (χ2v) is 3.13. The van der Waals surface area contributed by atoms with E-state index in [1.807, 2.05) is 0 Å². The van der Waals surface area contributed by atoms with Crippen molar-refractivity contribution >= 4 is 5.97 Å². The summed E-state index contributed by atoms with van der Waals surface area (Å²) in [6, 6.07) is 0. The van der Waals surface area contributed by atoms with E-state index in [9.17, 15) is 9.18 Å². The number of alkyl halides is 1. The van der Waals surface area contributed by atoms with E-state index in [0.29, 0.717) is 13.1 Å². The third-order valence-electron chi connectivity index (χ3n) is 2.68. The molecule has 2 fully saturated rings. The average molecular weight is 159 g/mol. The molecule has 0 aromatic carbocycles. The fraction of sp³-hybridized carbons (Fsp3) is 0.857. The maximum absolute atomic E-state index is 13.5. The molecule has 1 N–H and O–H groups in total. The Balaban J connectivity index is 2.10. The molecule has 1 heterocycles. The summed E-state index contributed by atoms with van der Waals surface area (Å²) in [5.74, 6) is -0.959. The molecule has 11 heavy (non-hydrogen) atoms. The molecule has 1 aliphatic heterocycles. The third-order valence-corrected chi connectivity index (χ3v) is 2.68. The molecule has 1 unspecified atom stereocenters. The molecular formula is C7H10FNO2. The number of fused-ring (bicyclic) bond motifs is 1. The van der Waals surface area contributed by atoms with Crippen LogP contribution in [-0.2, 0) is 9.53 Å². The Kier molecular flexibility index (Phi) is 1.24. The summed E-state index contributed by atoms with van der Waals surface area (Å²) in [5, 5.41) is 3.01. The minimum absolute atomic E-state index is 0.130. The molecule has 0 radical (unpaired) electrons. The smallest absolute Gasteiger partial charge is 0.344 e. The molecule has 1 aliphatic carbocycles. The number of ether oxygens (including phenoxy) is 1. The number of hydrogen-bond donors (Lipinski definition) is 1. The Labute approximate surface area is 63.9 Å². The lowest BCUT2D eigenvalue weighted by atomic mass is 10.2. The first-order valence-electron chi connectivity index (χ1n) is 3.69. The lowest BCUT2D eigenvalue weighted by Gasteiger charge is -2.08. The van der Waals surface area contributed by atoms with E-state index >= 15 is 0 Å². The summed E-state index contributed by atoms with van der Waals surface area (Å²) >= 11 is 0. The number of rotatable bonds is 1. The van der Waals surface area contributed by atoms with Crippen LogP contribution >= 0.6 is 0 Å². The molecule has 0 aromatic heterocycles. The van der Waals surface area contributed by atoms with Gasteiger partial charge in [0.15, 0.2) is 0 Å². The van der Waals surface area contributed by atoms with Crippen molar-refractivity contribution in [3.8, 4) is 0 Å². The SMILES string of the molecule is COC(=O)C1(F)[C@@H]2CNC[C@@H]21. The van der Waals surface area contributed by atoms with Crippen LogP contribution in [0.15, 0.2) is 0 Å². The first kappa shape index (κ1) is 7.03. The van der Waals surface area contributed by atoms with Crippen LogP contribution in [0, 0.1) is 11.8 Å². The molecule has 62 valence electrons. The van der Waals surface area contributed by atoms with Crippen molar-refractivity contribution in [2.45, 2.75) is 5.67 Å². The zero-order valence-corrected chi connectivity index (χ0v) is 6.26. The zero-order valence-electron chi connectivity index (χ0n) is 6.26. The van der Waals surface area contributed by atoms with Crippen molar-refractivity contribution in [2.24, 2.45) is 11.8 Å². The molecule has 0 aromatic rings. The highest BCUT2D eigenvalue weighted by molar-refractivity contribution is 5.84. The van der Waals surface area contributed by atoms with Crippen LogP contribution in [0.5, 0.6) is 0 Å². The van der Waals surface area contributed by atoms with Gasteiger partial charge in [-0.1, -0.05) is 0 Å². The Morgan fingerprint density at radius 3 is 2.64 bits per heavy atom. The van der Waals surface area contributed by atoms with Crippen molar-refractivity contribution in [3.63, 3.8) is 0 Å². The average Bonchev–Trinajstić information content (AvgIpc) is 2.51. The van der Waals surface area contributed by atoms with Crippen LogP contribution in [0.2, 0.25) is 0 Å². The van der Waals surface area contributed by atoms with Crippen LogP contribution in [0.25, 0.3) is 0 Å². The van der Waals surface area contributed by atoms with Gasteiger partial charge in [0, 0.05) is 24.9 Å². The molecule has 1 saturated carbocycles. The number of carbonyl (C=O) groups excluding carboxylic acids is 1. The molecule has 2 rings (SSSR count). The molecule has 4 heteroatoms. The summed E-state index contributed by atoms with van der Waals surface area (Å²) in [6.45, 7) is 1.21. The summed E-state index contributed by atoms with van der Waals surface area (Å²) in [6.07, 6.45) is 0. The second kappa shape index (κ2) is 1.94. The first-order chi connectivity index (χ1) is 5.21. The molecule has 0 bridgehead atoms. The van der Waals surface area contributed by atoms with Crippen LogP contribution in [0.1, 0.15) is 0 Å². The molecular weight excluding hydrogens is 149 g/mol. The van der Waals surface area contributed by atoms with E-state index < -0.39 is 11.6 Å². The number of esters is 1. The van der Waals surface area contributed by atoms with Gasteiger partial charge >= 0.3 is 5.97 Å². The van der Waals surface area contributed by atoms with Gasteiger partial charge in [-0.25, -0.2) is 9.18 Å². The van der Waals surface area contributed by atoms with E-state index in [2.05, 4.69) is 10.1 Å². The van der Waals surface area contributed by atoms with E-state index in [1.54, 1.807) is 0 Å². The molecule has 2 aliphatic rings. The maximum atomic E-state index is 13.5. The second-order valence-electron chi connectivity index (χ2n) is 3.13. The largest absolute Gasteiger partial charge is 0.467 e. The van der Waals surface area contributed by atoms with Gasteiger partial charge in [-0.15, -0.1) is 0 Å². The van der Waals surface area contributed by atoms with Crippen LogP contribution in [0.3, 0.4) is 0 Å².